The van der Waals surface area contributed by atoms with Crippen LogP contribution in [0.5, 0.6) is 5.75 Å². The van der Waals surface area contributed by atoms with Gasteiger partial charge in [0.15, 0.2) is 0 Å². The molecule has 1 aromatic rings. The summed E-state index contributed by atoms with van der Waals surface area (Å²) in [5.41, 5.74) is 1.02. The van der Waals surface area contributed by atoms with Gasteiger partial charge in [-0.3, -0.25) is 4.79 Å². The first-order valence-electron chi connectivity index (χ1n) is 9.11. The number of hydrogen-bond acceptors (Lipinski definition) is 3. The second kappa shape index (κ2) is 9.07. The van der Waals surface area contributed by atoms with Crippen LogP contribution in [0.4, 0.5) is 0 Å². The van der Waals surface area contributed by atoms with Gasteiger partial charge in [0.25, 0.3) is 5.91 Å². The summed E-state index contributed by atoms with van der Waals surface area (Å²) < 4.78 is 11.1. The molecular formula is C20H31NO3. The Labute approximate surface area is 146 Å². The highest BCUT2D eigenvalue weighted by atomic mass is 16.5. The molecule has 1 fully saturated rings. The zero-order valence-electron chi connectivity index (χ0n) is 15.5. The predicted molar refractivity (Wildman–Crippen MR) is 96.1 cm³/mol. The average molecular weight is 333 g/mol. The van der Waals surface area contributed by atoms with Crippen LogP contribution in [0.1, 0.15) is 52.0 Å². The molecule has 1 aliphatic rings. The smallest absolute Gasteiger partial charge is 0.251 e. The zero-order valence-corrected chi connectivity index (χ0v) is 15.5. The third kappa shape index (κ3) is 4.73. The Morgan fingerprint density at radius 3 is 2.83 bits per heavy atom. The topological polar surface area (TPSA) is 38.8 Å². The molecule has 1 heterocycles. The van der Waals surface area contributed by atoms with Crippen LogP contribution < -0.4 is 4.74 Å². The summed E-state index contributed by atoms with van der Waals surface area (Å²) in [6.07, 6.45) is 4.12. The first-order chi connectivity index (χ1) is 11.6. The van der Waals surface area contributed by atoms with E-state index in [2.05, 4.69) is 18.7 Å². The van der Waals surface area contributed by atoms with E-state index in [1.807, 2.05) is 31.2 Å². The van der Waals surface area contributed by atoms with E-state index in [1.165, 1.54) is 6.42 Å². The molecule has 1 aromatic carbocycles. The minimum absolute atomic E-state index is 0.128. The number of piperidine rings is 1. The van der Waals surface area contributed by atoms with E-state index in [4.69, 9.17) is 9.47 Å². The van der Waals surface area contributed by atoms with E-state index < -0.39 is 6.10 Å². The lowest BCUT2D eigenvalue weighted by molar-refractivity contribution is -0.148. The molecule has 0 saturated carbocycles. The van der Waals surface area contributed by atoms with Crippen molar-refractivity contribution in [3.05, 3.63) is 29.8 Å². The third-order valence-electron chi connectivity index (χ3n) is 5.12. The van der Waals surface area contributed by atoms with E-state index >= 15 is 0 Å². The van der Waals surface area contributed by atoms with Crippen molar-refractivity contribution in [1.29, 1.82) is 0 Å². The van der Waals surface area contributed by atoms with Crippen molar-refractivity contribution >= 4 is 5.91 Å². The lowest BCUT2D eigenvalue weighted by Crippen LogP contribution is -2.50. The summed E-state index contributed by atoms with van der Waals surface area (Å²) in [6.45, 7) is 7.60. The molecule has 134 valence electrons. The number of amides is 1. The van der Waals surface area contributed by atoms with Crippen LogP contribution in [-0.2, 0) is 16.1 Å². The Kier molecular flexibility index (Phi) is 7.10. The lowest BCUT2D eigenvalue weighted by Gasteiger charge is -2.40. The second-order valence-electron chi connectivity index (χ2n) is 6.79. The predicted octanol–water partition coefficient (Wildman–Crippen LogP) is 4.03. The number of carbonyl (C=O) groups excluding carboxylic acids is 1. The van der Waals surface area contributed by atoms with Crippen molar-refractivity contribution in [2.24, 2.45) is 5.92 Å². The molecule has 0 unspecified atom stereocenters. The fraction of sp³-hybridized carbons (Fsp3) is 0.650. The number of hydrogen-bond donors (Lipinski definition) is 0. The van der Waals surface area contributed by atoms with Crippen LogP contribution in [0, 0.1) is 5.92 Å². The van der Waals surface area contributed by atoms with Gasteiger partial charge in [0.1, 0.15) is 11.9 Å². The lowest BCUT2D eigenvalue weighted by atomic mass is 9.89. The van der Waals surface area contributed by atoms with Gasteiger partial charge in [-0.2, -0.15) is 0 Å². The summed E-state index contributed by atoms with van der Waals surface area (Å²) in [5.74, 6) is 1.48. The molecule has 1 aliphatic heterocycles. The number of carbonyl (C=O) groups is 1. The maximum atomic E-state index is 12.8. The van der Waals surface area contributed by atoms with E-state index in [0.717, 1.165) is 37.1 Å². The van der Waals surface area contributed by atoms with E-state index in [9.17, 15) is 4.79 Å². The molecule has 0 radical (unpaired) electrons. The average Bonchev–Trinajstić information content (AvgIpc) is 2.64. The van der Waals surface area contributed by atoms with Gasteiger partial charge >= 0.3 is 0 Å². The van der Waals surface area contributed by atoms with Gasteiger partial charge in [0, 0.05) is 12.6 Å². The van der Waals surface area contributed by atoms with Crippen molar-refractivity contribution in [2.45, 2.75) is 65.2 Å². The van der Waals surface area contributed by atoms with Crippen LogP contribution in [0.2, 0.25) is 0 Å². The monoisotopic (exact) mass is 333 g/mol. The van der Waals surface area contributed by atoms with Crippen molar-refractivity contribution in [1.82, 2.24) is 4.90 Å². The molecule has 3 atom stereocenters. The van der Waals surface area contributed by atoms with Crippen molar-refractivity contribution < 1.29 is 14.3 Å². The molecule has 0 aromatic heterocycles. The van der Waals surface area contributed by atoms with Gasteiger partial charge in [-0.25, -0.2) is 0 Å². The van der Waals surface area contributed by atoms with Crippen LogP contribution in [0.3, 0.4) is 0 Å². The second-order valence-corrected chi connectivity index (χ2v) is 6.79. The largest absolute Gasteiger partial charge is 0.497 e. The molecule has 4 heteroatoms. The SMILES string of the molecule is CC[C@H](C)[C@@H]1CCCCN1C(=O)[C@@H](C)OCc1cccc(OC)c1. The Morgan fingerprint density at radius 1 is 1.33 bits per heavy atom. The van der Waals surface area contributed by atoms with Gasteiger partial charge in [-0.1, -0.05) is 32.4 Å². The fourth-order valence-electron chi connectivity index (χ4n) is 3.38. The Balaban J connectivity index is 1.94. The quantitative estimate of drug-likeness (QED) is 0.756. The summed E-state index contributed by atoms with van der Waals surface area (Å²) >= 11 is 0. The Bertz CT molecular complexity index is 531. The van der Waals surface area contributed by atoms with Crippen molar-refractivity contribution in [3.63, 3.8) is 0 Å². The molecule has 4 nitrogen and oxygen atoms in total. The number of benzene rings is 1. The zero-order chi connectivity index (χ0) is 17.5. The van der Waals surface area contributed by atoms with Gasteiger partial charge in [0.05, 0.1) is 13.7 Å². The summed E-state index contributed by atoms with van der Waals surface area (Å²) in [5, 5.41) is 0. The minimum Gasteiger partial charge on any atom is -0.497 e. The van der Waals surface area contributed by atoms with Crippen molar-refractivity contribution in [2.75, 3.05) is 13.7 Å². The number of nitrogens with zero attached hydrogens (tertiary/aromatic N) is 1. The van der Waals surface area contributed by atoms with Crippen LogP contribution >= 0.6 is 0 Å². The van der Waals surface area contributed by atoms with Crippen LogP contribution in [0.15, 0.2) is 24.3 Å². The summed E-state index contributed by atoms with van der Waals surface area (Å²) in [4.78, 5) is 14.9. The van der Waals surface area contributed by atoms with E-state index in [1.54, 1.807) is 7.11 Å². The van der Waals surface area contributed by atoms with Gasteiger partial charge in [-0.05, 0) is 49.8 Å². The first-order valence-corrected chi connectivity index (χ1v) is 9.11. The molecule has 24 heavy (non-hydrogen) atoms. The maximum absolute atomic E-state index is 12.8. The number of methoxy groups -OCH3 is 1. The van der Waals surface area contributed by atoms with E-state index in [-0.39, 0.29) is 5.91 Å². The third-order valence-corrected chi connectivity index (χ3v) is 5.12. The molecular weight excluding hydrogens is 302 g/mol. The highest BCUT2D eigenvalue weighted by molar-refractivity contribution is 5.81. The maximum Gasteiger partial charge on any atom is 0.251 e. The highest BCUT2D eigenvalue weighted by Crippen LogP contribution is 2.26. The number of rotatable bonds is 7. The Hall–Kier alpha value is -1.55. The van der Waals surface area contributed by atoms with Gasteiger partial charge in [-0.15, -0.1) is 0 Å². The standard InChI is InChI=1S/C20H31NO3/c1-5-15(2)19-11-6-7-12-21(19)20(22)16(3)24-14-17-9-8-10-18(13-17)23-4/h8-10,13,15-16,19H,5-7,11-12,14H2,1-4H3/t15-,16+,19-/m0/s1. The molecule has 0 aliphatic carbocycles. The highest BCUT2D eigenvalue weighted by Gasteiger charge is 2.32. The van der Waals surface area contributed by atoms with Crippen LogP contribution in [0.25, 0.3) is 0 Å². The fourth-order valence-corrected chi connectivity index (χ4v) is 3.38. The molecule has 0 spiro atoms. The van der Waals surface area contributed by atoms with E-state index in [0.29, 0.717) is 18.6 Å². The number of ether oxygens (including phenoxy) is 2. The molecule has 1 saturated heterocycles. The summed E-state index contributed by atoms with van der Waals surface area (Å²) in [6, 6.07) is 8.14. The van der Waals surface area contributed by atoms with Crippen LogP contribution in [-0.4, -0.2) is 36.6 Å². The molecule has 0 N–H and O–H groups in total. The van der Waals surface area contributed by atoms with Crippen molar-refractivity contribution in [3.8, 4) is 5.75 Å². The molecule has 0 bridgehead atoms. The number of likely N-dealkylation sites (tertiary alicyclic amines) is 1. The summed E-state index contributed by atoms with van der Waals surface area (Å²) in [7, 11) is 1.65. The minimum atomic E-state index is -0.416. The first kappa shape index (κ1) is 18.8. The Morgan fingerprint density at radius 2 is 2.12 bits per heavy atom. The van der Waals surface area contributed by atoms with Gasteiger partial charge in [0.2, 0.25) is 0 Å². The van der Waals surface area contributed by atoms with Gasteiger partial charge < -0.3 is 14.4 Å². The normalized spacial score (nSPS) is 20.5. The molecule has 2 rings (SSSR count). The molecule has 1 amide bonds.